The molecule has 18 heavy (non-hydrogen) atoms. The third-order valence-electron chi connectivity index (χ3n) is 2.81. The maximum absolute atomic E-state index is 12.2. The Morgan fingerprint density at radius 2 is 2.44 bits per heavy atom. The Bertz CT molecular complexity index is 472. The average molecular weight is 271 g/mol. The minimum absolute atomic E-state index is 0.102. The molecular weight excluding hydrogens is 254 g/mol. The highest BCUT2D eigenvalue weighted by atomic mass is 32.2. The summed E-state index contributed by atoms with van der Waals surface area (Å²) in [6, 6.07) is 3.15. The van der Waals surface area contributed by atoms with Gasteiger partial charge in [0.15, 0.2) is 0 Å². The fraction of sp³-hybridized carbons (Fsp3) is 0.545. The van der Waals surface area contributed by atoms with E-state index in [0.29, 0.717) is 19.7 Å². The van der Waals surface area contributed by atoms with Crippen molar-refractivity contribution in [3.63, 3.8) is 0 Å². The molecule has 0 radical (unpaired) electrons. The standard InChI is InChI=1S/C11H17N3O3S/c1-14(9-10-7-13-5-6-17-10)18(15,16)11-3-2-4-12-8-11/h2-4,8,10,13H,5-7,9H2,1H3. The number of nitrogens with one attached hydrogen (secondary N) is 1. The fourth-order valence-corrected chi connectivity index (χ4v) is 2.97. The molecule has 2 rings (SSSR count). The van der Waals surface area contributed by atoms with Gasteiger partial charge in [-0.15, -0.1) is 0 Å². The summed E-state index contributed by atoms with van der Waals surface area (Å²) in [6.45, 7) is 2.44. The van der Waals surface area contributed by atoms with Crippen molar-refractivity contribution in [1.82, 2.24) is 14.6 Å². The summed E-state index contributed by atoms with van der Waals surface area (Å²) in [4.78, 5) is 4.04. The first kappa shape index (κ1) is 13.4. The predicted molar refractivity (Wildman–Crippen MR) is 66.7 cm³/mol. The molecule has 1 aliphatic rings. The van der Waals surface area contributed by atoms with E-state index in [1.165, 1.54) is 10.5 Å². The Morgan fingerprint density at radius 1 is 1.61 bits per heavy atom. The molecule has 7 heteroatoms. The Hall–Kier alpha value is -1.02. The number of rotatable bonds is 4. The number of morpholine rings is 1. The molecule has 0 amide bonds. The smallest absolute Gasteiger partial charge is 0.244 e. The van der Waals surface area contributed by atoms with E-state index in [9.17, 15) is 8.42 Å². The van der Waals surface area contributed by atoms with Gasteiger partial charge in [-0.1, -0.05) is 0 Å². The van der Waals surface area contributed by atoms with Crippen molar-refractivity contribution in [2.75, 3.05) is 33.3 Å². The third-order valence-corrected chi connectivity index (χ3v) is 4.61. The van der Waals surface area contributed by atoms with E-state index in [1.54, 1.807) is 25.4 Å². The second kappa shape index (κ2) is 5.75. The van der Waals surface area contributed by atoms with E-state index in [-0.39, 0.29) is 11.0 Å². The van der Waals surface area contributed by atoms with Gasteiger partial charge < -0.3 is 10.1 Å². The first-order chi connectivity index (χ1) is 8.60. The van der Waals surface area contributed by atoms with Gasteiger partial charge in [-0.3, -0.25) is 4.98 Å². The van der Waals surface area contributed by atoms with Gasteiger partial charge in [0.25, 0.3) is 0 Å². The number of ether oxygens (including phenoxy) is 1. The first-order valence-corrected chi connectivity index (χ1v) is 7.23. The van der Waals surface area contributed by atoms with Gasteiger partial charge in [-0.05, 0) is 12.1 Å². The molecule has 1 aromatic heterocycles. The molecule has 0 aromatic carbocycles. The van der Waals surface area contributed by atoms with Gasteiger partial charge in [0.05, 0.1) is 12.7 Å². The number of aromatic nitrogens is 1. The second-order valence-electron chi connectivity index (χ2n) is 4.17. The van der Waals surface area contributed by atoms with Crippen molar-refractivity contribution < 1.29 is 13.2 Å². The molecule has 100 valence electrons. The molecule has 1 N–H and O–H groups in total. The molecular formula is C11H17N3O3S. The highest BCUT2D eigenvalue weighted by Crippen LogP contribution is 2.13. The van der Waals surface area contributed by atoms with Crippen molar-refractivity contribution in [3.05, 3.63) is 24.5 Å². The average Bonchev–Trinajstić information content (AvgIpc) is 2.41. The maximum Gasteiger partial charge on any atom is 0.244 e. The SMILES string of the molecule is CN(CC1CNCCO1)S(=O)(=O)c1cccnc1. The van der Waals surface area contributed by atoms with Crippen molar-refractivity contribution >= 4 is 10.0 Å². The summed E-state index contributed by atoms with van der Waals surface area (Å²) in [6.07, 6.45) is 2.80. The Labute approximate surface area is 107 Å². The van der Waals surface area contributed by atoms with E-state index in [4.69, 9.17) is 4.74 Å². The Balaban J connectivity index is 2.05. The Kier molecular flexibility index (Phi) is 4.28. The Morgan fingerprint density at radius 3 is 3.06 bits per heavy atom. The molecule has 1 fully saturated rings. The quantitative estimate of drug-likeness (QED) is 0.813. The molecule has 0 bridgehead atoms. The van der Waals surface area contributed by atoms with Gasteiger partial charge >= 0.3 is 0 Å². The van der Waals surface area contributed by atoms with Crippen molar-refractivity contribution in [1.29, 1.82) is 0 Å². The summed E-state index contributed by atoms with van der Waals surface area (Å²) in [5, 5.41) is 3.17. The van der Waals surface area contributed by atoms with Crippen molar-refractivity contribution in [2.45, 2.75) is 11.0 Å². The summed E-state index contributed by atoms with van der Waals surface area (Å²) in [5.41, 5.74) is 0. The summed E-state index contributed by atoms with van der Waals surface area (Å²) in [5.74, 6) is 0. The zero-order chi connectivity index (χ0) is 13.0. The lowest BCUT2D eigenvalue weighted by Crippen LogP contribution is -2.45. The lowest BCUT2D eigenvalue weighted by molar-refractivity contribution is 0.0206. The molecule has 2 heterocycles. The van der Waals surface area contributed by atoms with E-state index in [2.05, 4.69) is 10.3 Å². The molecule has 1 aliphatic heterocycles. The highest BCUT2D eigenvalue weighted by Gasteiger charge is 2.25. The number of sulfonamides is 1. The van der Waals surface area contributed by atoms with Crippen LogP contribution < -0.4 is 5.32 Å². The lowest BCUT2D eigenvalue weighted by atomic mass is 10.3. The molecule has 1 atom stereocenters. The van der Waals surface area contributed by atoms with Crippen LogP contribution in [0.1, 0.15) is 0 Å². The van der Waals surface area contributed by atoms with Crippen molar-refractivity contribution in [2.24, 2.45) is 0 Å². The van der Waals surface area contributed by atoms with E-state index >= 15 is 0 Å². The molecule has 0 aliphatic carbocycles. The number of pyridine rings is 1. The van der Waals surface area contributed by atoms with Crippen LogP contribution in [-0.4, -0.2) is 57.1 Å². The van der Waals surface area contributed by atoms with Crippen LogP contribution in [0.15, 0.2) is 29.4 Å². The minimum Gasteiger partial charge on any atom is -0.374 e. The van der Waals surface area contributed by atoms with Crippen LogP contribution in [0.5, 0.6) is 0 Å². The molecule has 1 aromatic rings. The second-order valence-corrected chi connectivity index (χ2v) is 6.22. The normalized spacial score (nSPS) is 21.1. The van der Waals surface area contributed by atoms with Gasteiger partial charge in [0.1, 0.15) is 4.90 Å². The number of nitrogens with zero attached hydrogens (tertiary/aromatic N) is 2. The van der Waals surface area contributed by atoms with E-state index < -0.39 is 10.0 Å². The monoisotopic (exact) mass is 271 g/mol. The minimum atomic E-state index is -3.48. The van der Waals surface area contributed by atoms with Crippen LogP contribution in [-0.2, 0) is 14.8 Å². The van der Waals surface area contributed by atoms with Gasteiger partial charge in [-0.2, -0.15) is 4.31 Å². The zero-order valence-corrected chi connectivity index (χ0v) is 11.1. The van der Waals surface area contributed by atoms with Gasteiger partial charge in [-0.25, -0.2) is 8.42 Å². The summed E-state index contributed by atoms with van der Waals surface area (Å²) < 4.78 is 31.2. The van der Waals surface area contributed by atoms with Gasteiger partial charge in [0.2, 0.25) is 10.0 Å². The molecule has 0 saturated carbocycles. The highest BCUT2D eigenvalue weighted by molar-refractivity contribution is 7.89. The van der Waals surface area contributed by atoms with E-state index in [1.807, 2.05) is 0 Å². The van der Waals surface area contributed by atoms with Crippen LogP contribution in [0, 0.1) is 0 Å². The number of hydrogen-bond donors (Lipinski definition) is 1. The maximum atomic E-state index is 12.2. The number of likely N-dealkylation sites (N-methyl/N-ethyl adjacent to an activating group) is 1. The first-order valence-electron chi connectivity index (χ1n) is 5.79. The van der Waals surface area contributed by atoms with Crippen LogP contribution in [0.2, 0.25) is 0 Å². The van der Waals surface area contributed by atoms with Crippen LogP contribution in [0.3, 0.4) is 0 Å². The molecule has 6 nitrogen and oxygen atoms in total. The number of hydrogen-bond acceptors (Lipinski definition) is 5. The van der Waals surface area contributed by atoms with E-state index in [0.717, 1.165) is 6.54 Å². The molecule has 1 unspecified atom stereocenters. The van der Waals surface area contributed by atoms with Crippen LogP contribution in [0.4, 0.5) is 0 Å². The van der Waals surface area contributed by atoms with Crippen molar-refractivity contribution in [3.8, 4) is 0 Å². The molecule has 1 saturated heterocycles. The van der Waals surface area contributed by atoms with Crippen LogP contribution >= 0.6 is 0 Å². The predicted octanol–water partition coefficient (Wildman–Crippen LogP) is -0.309. The zero-order valence-electron chi connectivity index (χ0n) is 10.2. The topological polar surface area (TPSA) is 71.5 Å². The van der Waals surface area contributed by atoms with Crippen LogP contribution in [0.25, 0.3) is 0 Å². The summed E-state index contributed by atoms with van der Waals surface area (Å²) >= 11 is 0. The van der Waals surface area contributed by atoms with Gasteiger partial charge in [0, 0.05) is 39.1 Å². The largest absolute Gasteiger partial charge is 0.374 e. The summed E-state index contributed by atoms with van der Waals surface area (Å²) in [7, 11) is -1.92. The molecule has 0 spiro atoms. The fourth-order valence-electron chi connectivity index (χ4n) is 1.80. The third kappa shape index (κ3) is 3.05. The lowest BCUT2D eigenvalue weighted by Gasteiger charge is -2.27.